The highest BCUT2D eigenvalue weighted by atomic mass is 35.5. The Morgan fingerprint density at radius 3 is 2.65 bits per heavy atom. The Morgan fingerprint density at radius 1 is 1.30 bits per heavy atom. The van der Waals surface area contributed by atoms with Gasteiger partial charge in [-0.25, -0.2) is 10.1 Å². The molecule has 2 aromatic heterocycles. The molecule has 1 N–H and O–H groups in total. The number of halogens is 1. The van der Waals surface area contributed by atoms with Crippen LogP contribution in [-0.4, -0.2) is 45.7 Å². The van der Waals surface area contributed by atoms with E-state index < -0.39 is 0 Å². The summed E-state index contributed by atoms with van der Waals surface area (Å²) in [6.45, 7) is 5.06. The van der Waals surface area contributed by atoms with E-state index in [0.29, 0.717) is 5.69 Å². The van der Waals surface area contributed by atoms with Crippen molar-refractivity contribution in [3.8, 4) is 0 Å². The number of aromatic amines is 1. The van der Waals surface area contributed by atoms with Crippen molar-refractivity contribution in [2.45, 2.75) is 6.92 Å². The summed E-state index contributed by atoms with van der Waals surface area (Å²) in [6, 6.07) is 0. The van der Waals surface area contributed by atoms with Gasteiger partial charge < -0.3 is 9.80 Å². The minimum Gasteiger partial charge on any atom is -0.365 e. The van der Waals surface area contributed by atoms with Crippen LogP contribution in [0.1, 0.15) is 5.82 Å². The number of nitrogens with one attached hydrogen (secondary N) is 1. The van der Waals surface area contributed by atoms with E-state index in [2.05, 4.69) is 29.4 Å². The first-order chi connectivity index (χ1) is 9.65. The summed E-state index contributed by atoms with van der Waals surface area (Å²) in [4.78, 5) is 20.1. The lowest BCUT2D eigenvalue weighted by Crippen LogP contribution is -2.47. The van der Waals surface area contributed by atoms with Crippen LogP contribution in [0.25, 0.3) is 0 Å². The van der Waals surface area contributed by atoms with Crippen molar-refractivity contribution >= 4 is 34.0 Å². The average Bonchev–Trinajstić information content (AvgIpc) is 2.89. The molecule has 0 amide bonds. The Labute approximate surface area is 124 Å². The lowest BCUT2D eigenvalue weighted by atomic mass is 10.3. The number of hydrogen-bond acceptors (Lipinski definition) is 7. The van der Waals surface area contributed by atoms with Gasteiger partial charge in [0, 0.05) is 37.7 Å². The van der Waals surface area contributed by atoms with Crippen LogP contribution in [0.3, 0.4) is 0 Å². The third kappa shape index (κ3) is 2.48. The number of hydrogen-bond donors (Lipinski definition) is 1. The molecule has 2 aromatic rings. The Balaban J connectivity index is 1.72. The first kappa shape index (κ1) is 13.3. The van der Waals surface area contributed by atoms with Gasteiger partial charge >= 0.3 is 0 Å². The van der Waals surface area contributed by atoms with Crippen molar-refractivity contribution < 1.29 is 0 Å². The van der Waals surface area contributed by atoms with Crippen LogP contribution >= 0.6 is 23.1 Å². The van der Waals surface area contributed by atoms with Crippen molar-refractivity contribution in [3.63, 3.8) is 0 Å². The molecule has 0 unspecified atom stereocenters. The largest absolute Gasteiger partial charge is 0.365 e. The first-order valence-electron chi connectivity index (χ1n) is 6.18. The highest BCUT2D eigenvalue weighted by molar-refractivity contribution is 7.09. The summed E-state index contributed by atoms with van der Waals surface area (Å²) in [5.41, 5.74) is 0.329. The number of piperazine rings is 1. The summed E-state index contributed by atoms with van der Waals surface area (Å²) in [6.07, 6.45) is 1.59. The van der Waals surface area contributed by atoms with Crippen LogP contribution in [0.15, 0.2) is 11.0 Å². The zero-order chi connectivity index (χ0) is 14.1. The summed E-state index contributed by atoms with van der Waals surface area (Å²) >= 11 is 7.44. The Bertz CT molecular complexity index is 663. The van der Waals surface area contributed by atoms with Gasteiger partial charge in [-0.15, -0.1) is 0 Å². The number of anilines is 2. The van der Waals surface area contributed by atoms with Crippen molar-refractivity contribution in [2.75, 3.05) is 36.0 Å². The Kier molecular flexibility index (Phi) is 3.58. The zero-order valence-electron chi connectivity index (χ0n) is 10.8. The van der Waals surface area contributed by atoms with Crippen LogP contribution in [-0.2, 0) is 0 Å². The van der Waals surface area contributed by atoms with Gasteiger partial charge in [-0.2, -0.15) is 9.47 Å². The molecule has 3 rings (SSSR count). The third-order valence-corrected chi connectivity index (χ3v) is 4.42. The fourth-order valence-electron chi connectivity index (χ4n) is 2.15. The summed E-state index contributed by atoms with van der Waals surface area (Å²) in [7, 11) is 0. The molecule has 1 aliphatic rings. The van der Waals surface area contributed by atoms with Crippen LogP contribution in [0.2, 0.25) is 5.02 Å². The Hall–Kier alpha value is -1.67. The van der Waals surface area contributed by atoms with Gasteiger partial charge in [-0.3, -0.25) is 4.79 Å². The lowest BCUT2D eigenvalue weighted by molar-refractivity contribution is 0.649. The van der Waals surface area contributed by atoms with Gasteiger partial charge in [0.1, 0.15) is 10.8 Å². The fourth-order valence-corrected chi connectivity index (χ4v) is 3.08. The predicted octanol–water partition coefficient (Wildman–Crippen LogP) is 0.910. The monoisotopic (exact) mass is 312 g/mol. The molecular weight excluding hydrogens is 300 g/mol. The highest BCUT2D eigenvalue weighted by Crippen LogP contribution is 2.24. The van der Waals surface area contributed by atoms with E-state index >= 15 is 0 Å². The van der Waals surface area contributed by atoms with Crippen molar-refractivity contribution in [1.29, 1.82) is 0 Å². The highest BCUT2D eigenvalue weighted by Gasteiger charge is 2.22. The van der Waals surface area contributed by atoms with Crippen molar-refractivity contribution in [3.05, 3.63) is 27.4 Å². The maximum atomic E-state index is 11.5. The second-order valence-corrected chi connectivity index (χ2v) is 5.60. The van der Waals surface area contributed by atoms with Gasteiger partial charge in [0.05, 0.1) is 11.9 Å². The van der Waals surface area contributed by atoms with Gasteiger partial charge in [0.2, 0.25) is 5.13 Å². The minimum atomic E-state index is -0.355. The van der Waals surface area contributed by atoms with Crippen LogP contribution in [0.4, 0.5) is 10.8 Å². The maximum Gasteiger partial charge on any atom is 0.285 e. The smallest absolute Gasteiger partial charge is 0.285 e. The van der Waals surface area contributed by atoms with E-state index in [1.165, 1.54) is 11.5 Å². The van der Waals surface area contributed by atoms with Crippen LogP contribution in [0.5, 0.6) is 0 Å². The second-order valence-electron chi connectivity index (χ2n) is 4.50. The molecule has 9 heteroatoms. The molecule has 7 nitrogen and oxygen atoms in total. The maximum absolute atomic E-state index is 11.5. The van der Waals surface area contributed by atoms with Crippen molar-refractivity contribution in [2.24, 2.45) is 0 Å². The van der Waals surface area contributed by atoms with E-state index in [9.17, 15) is 4.79 Å². The molecule has 0 aromatic carbocycles. The molecule has 0 radical (unpaired) electrons. The van der Waals surface area contributed by atoms with Crippen LogP contribution in [0, 0.1) is 6.92 Å². The molecule has 0 atom stereocenters. The topological polar surface area (TPSA) is 78.0 Å². The van der Waals surface area contributed by atoms with Crippen molar-refractivity contribution in [1.82, 2.24) is 19.6 Å². The average molecular weight is 313 g/mol. The summed E-state index contributed by atoms with van der Waals surface area (Å²) in [5.74, 6) is 0.800. The van der Waals surface area contributed by atoms with Gasteiger partial charge in [-0.05, 0) is 6.92 Å². The van der Waals surface area contributed by atoms with E-state index in [1.807, 2.05) is 6.92 Å². The standard InChI is InChI=1S/C11H13ClN6OS/c1-7-14-11(20-16-7)18-4-2-17(3-5-18)8-6-13-15-10(19)9(8)12/h6H,2-5H2,1H3,(H,15,19). The third-order valence-electron chi connectivity index (χ3n) is 3.18. The molecular formula is C11H13ClN6OS. The van der Waals surface area contributed by atoms with Gasteiger partial charge in [-0.1, -0.05) is 11.6 Å². The Morgan fingerprint density at radius 2 is 2.00 bits per heavy atom. The molecule has 0 aliphatic carbocycles. The minimum absolute atomic E-state index is 0.195. The SMILES string of the molecule is Cc1nsc(N2CCN(c3cn[nH]c(=O)c3Cl)CC2)n1. The molecule has 0 saturated carbocycles. The van der Waals surface area contributed by atoms with Gasteiger partial charge in [0.25, 0.3) is 5.56 Å². The molecule has 1 aliphatic heterocycles. The molecule has 0 bridgehead atoms. The zero-order valence-corrected chi connectivity index (χ0v) is 12.4. The summed E-state index contributed by atoms with van der Waals surface area (Å²) < 4.78 is 4.19. The summed E-state index contributed by atoms with van der Waals surface area (Å²) in [5, 5.41) is 7.27. The number of nitrogens with zero attached hydrogens (tertiary/aromatic N) is 5. The van der Waals surface area contributed by atoms with Gasteiger partial charge in [0.15, 0.2) is 0 Å². The number of aryl methyl sites for hydroxylation is 1. The normalized spacial score (nSPS) is 15.7. The lowest BCUT2D eigenvalue weighted by Gasteiger charge is -2.35. The van der Waals surface area contributed by atoms with E-state index in [1.54, 1.807) is 6.20 Å². The number of aromatic nitrogens is 4. The second kappa shape index (κ2) is 5.37. The molecule has 3 heterocycles. The predicted molar refractivity (Wildman–Crippen MR) is 78.9 cm³/mol. The molecule has 1 saturated heterocycles. The van der Waals surface area contributed by atoms with E-state index in [0.717, 1.165) is 37.1 Å². The fraction of sp³-hybridized carbons (Fsp3) is 0.455. The van der Waals surface area contributed by atoms with E-state index in [-0.39, 0.29) is 10.6 Å². The molecule has 20 heavy (non-hydrogen) atoms. The number of H-pyrrole nitrogens is 1. The molecule has 1 fully saturated rings. The molecule has 106 valence electrons. The van der Waals surface area contributed by atoms with E-state index in [4.69, 9.17) is 11.6 Å². The number of rotatable bonds is 2. The molecule has 0 spiro atoms. The quantitative estimate of drug-likeness (QED) is 0.888. The first-order valence-corrected chi connectivity index (χ1v) is 7.33. The van der Waals surface area contributed by atoms with Crippen LogP contribution < -0.4 is 15.4 Å².